The van der Waals surface area contributed by atoms with Gasteiger partial charge in [0.1, 0.15) is 12.4 Å². The van der Waals surface area contributed by atoms with Crippen molar-refractivity contribution in [2.45, 2.75) is 25.0 Å². The van der Waals surface area contributed by atoms with E-state index in [2.05, 4.69) is 10.3 Å². The van der Waals surface area contributed by atoms with Crippen LogP contribution in [0.2, 0.25) is 5.02 Å². The predicted octanol–water partition coefficient (Wildman–Crippen LogP) is 3.25. The van der Waals surface area contributed by atoms with Crippen LogP contribution in [-0.2, 0) is 16.1 Å². The summed E-state index contributed by atoms with van der Waals surface area (Å²) in [6.45, 7) is 1.31. The number of pyridine rings is 1. The predicted molar refractivity (Wildman–Crippen MR) is 102 cm³/mol. The highest BCUT2D eigenvalue weighted by molar-refractivity contribution is 6.30. The number of rotatable bonds is 7. The molecule has 28 heavy (non-hydrogen) atoms. The minimum Gasteiger partial charge on any atom is -0.479 e. The Morgan fingerprint density at radius 3 is 2.96 bits per heavy atom. The lowest BCUT2D eigenvalue weighted by Crippen LogP contribution is -2.45. The average molecular weight is 409 g/mol. The van der Waals surface area contributed by atoms with E-state index in [4.69, 9.17) is 21.1 Å². The highest BCUT2D eigenvalue weighted by Crippen LogP contribution is 2.33. The average Bonchev–Trinajstić information content (AvgIpc) is 2.68. The summed E-state index contributed by atoms with van der Waals surface area (Å²) >= 11 is 5.76. The maximum atomic E-state index is 13.9. The van der Waals surface area contributed by atoms with E-state index in [1.165, 1.54) is 13.2 Å². The summed E-state index contributed by atoms with van der Waals surface area (Å²) in [5, 5.41) is 13.0. The number of hydrogen-bond donors (Lipinski definition) is 2. The van der Waals surface area contributed by atoms with Crippen molar-refractivity contribution in [2.75, 3.05) is 20.2 Å². The van der Waals surface area contributed by atoms with Crippen LogP contribution in [0.15, 0.2) is 36.4 Å². The molecule has 0 amide bonds. The van der Waals surface area contributed by atoms with Crippen LogP contribution in [0, 0.1) is 11.7 Å². The molecule has 0 saturated carbocycles. The van der Waals surface area contributed by atoms with Gasteiger partial charge in [-0.15, -0.1) is 0 Å². The number of carboxylic acids is 1. The highest BCUT2D eigenvalue weighted by Gasteiger charge is 2.37. The molecule has 3 unspecified atom stereocenters. The van der Waals surface area contributed by atoms with Crippen molar-refractivity contribution in [3.05, 3.63) is 58.5 Å². The standard InChI is InChI=1S/C20H22ClFN2O4/c1-27-19(20(25)26)15-10-23-8-7-14(15)17-3-2-4-18(24-17)28-11-12-5-6-13(21)9-16(12)22/h2-6,9,14-15,19,23H,7-8,10-11H2,1H3,(H,25,26). The summed E-state index contributed by atoms with van der Waals surface area (Å²) in [4.78, 5) is 16.1. The molecule has 1 aliphatic heterocycles. The Morgan fingerprint density at radius 2 is 2.25 bits per heavy atom. The maximum absolute atomic E-state index is 13.9. The zero-order valence-electron chi connectivity index (χ0n) is 15.4. The summed E-state index contributed by atoms with van der Waals surface area (Å²) in [6, 6.07) is 9.76. The Balaban J connectivity index is 1.76. The third-order valence-electron chi connectivity index (χ3n) is 4.93. The van der Waals surface area contributed by atoms with Gasteiger partial charge < -0.3 is 19.9 Å². The zero-order chi connectivity index (χ0) is 20.1. The van der Waals surface area contributed by atoms with E-state index >= 15 is 0 Å². The lowest BCUT2D eigenvalue weighted by Gasteiger charge is -2.34. The largest absolute Gasteiger partial charge is 0.479 e. The molecule has 0 aliphatic carbocycles. The summed E-state index contributed by atoms with van der Waals surface area (Å²) < 4.78 is 24.8. The van der Waals surface area contributed by atoms with Gasteiger partial charge in [-0.05, 0) is 31.2 Å². The Kier molecular flexibility index (Phi) is 6.83. The van der Waals surface area contributed by atoms with Crippen LogP contribution in [0.1, 0.15) is 23.6 Å². The van der Waals surface area contributed by atoms with Crippen molar-refractivity contribution in [1.82, 2.24) is 10.3 Å². The molecule has 1 aliphatic rings. The minimum absolute atomic E-state index is 0.0188. The quantitative estimate of drug-likeness (QED) is 0.732. The fourth-order valence-corrected chi connectivity index (χ4v) is 3.69. The number of halogens is 2. The number of carboxylic acid groups (broad SMARTS) is 1. The van der Waals surface area contributed by atoms with Gasteiger partial charge in [0.2, 0.25) is 5.88 Å². The second kappa shape index (κ2) is 9.32. The fraction of sp³-hybridized carbons (Fsp3) is 0.400. The fourth-order valence-electron chi connectivity index (χ4n) is 3.53. The van der Waals surface area contributed by atoms with Gasteiger partial charge >= 0.3 is 5.97 Å². The number of piperidine rings is 1. The molecule has 1 saturated heterocycles. The van der Waals surface area contributed by atoms with Gasteiger partial charge in [-0.25, -0.2) is 14.2 Å². The van der Waals surface area contributed by atoms with E-state index in [1.54, 1.807) is 24.3 Å². The first-order valence-electron chi connectivity index (χ1n) is 8.99. The summed E-state index contributed by atoms with van der Waals surface area (Å²) in [5.41, 5.74) is 1.12. The summed E-state index contributed by atoms with van der Waals surface area (Å²) in [6.07, 6.45) is -0.188. The van der Waals surface area contributed by atoms with Crippen LogP contribution in [0.3, 0.4) is 0 Å². The Labute approximate surface area is 167 Å². The summed E-state index contributed by atoms with van der Waals surface area (Å²) in [5.74, 6) is -1.42. The normalized spacial score (nSPS) is 20.5. The molecule has 0 bridgehead atoms. The van der Waals surface area contributed by atoms with Crippen LogP contribution in [0.25, 0.3) is 0 Å². The van der Waals surface area contributed by atoms with Gasteiger partial charge in [0, 0.05) is 47.8 Å². The maximum Gasteiger partial charge on any atom is 0.333 e. The third-order valence-corrected chi connectivity index (χ3v) is 5.17. The van der Waals surface area contributed by atoms with Crippen LogP contribution >= 0.6 is 11.6 Å². The number of carbonyl (C=O) groups is 1. The SMILES string of the molecule is COC(C(=O)O)C1CNCCC1c1cccc(OCc2ccc(Cl)cc2F)n1. The number of nitrogens with zero attached hydrogens (tertiary/aromatic N) is 1. The van der Waals surface area contributed by atoms with Gasteiger partial charge in [0.25, 0.3) is 0 Å². The lowest BCUT2D eigenvalue weighted by molar-refractivity contribution is -0.153. The van der Waals surface area contributed by atoms with Crippen LogP contribution in [0.4, 0.5) is 4.39 Å². The zero-order valence-corrected chi connectivity index (χ0v) is 16.2. The number of nitrogens with one attached hydrogen (secondary N) is 1. The number of benzene rings is 1. The van der Waals surface area contributed by atoms with Crippen molar-refractivity contribution in [1.29, 1.82) is 0 Å². The van der Waals surface area contributed by atoms with Crippen molar-refractivity contribution in [3.63, 3.8) is 0 Å². The van der Waals surface area contributed by atoms with Gasteiger partial charge in [-0.1, -0.05) is 23.7 Å². The first kappa shape index (κ1) is 20.5. The summed E-state index contributed by atoms with van der Waals surface area (Å²) in [7, 11) is 1.40. The number of aromatic nitrogens is 1. The van der Waals surface area contributed by atoms with E-state index in [9.17, 15) is 14.3 Å². The second-order valence-electron chi connectivity index (χ2n) is 6.68. The number of hydrogen-bond acceptors (Lipinski definition) is 5. The number of aliphatic carboxylic acids is 1. The van der Waals surface area contributed by atoms with E-state index in [0.717, 1.165) is 18.7 Å². The van der Waals surface area contributed by atoms with E-state index < -0.39 is 17.9 Å². The smallest absolute Gasteiger partial charge is 0.333 e. The molecule has 3 rings (SSSR count). The molecule has 2 aromatic rings. The Hall–Kier alpha value is -2.22. The molecule has 2 heterocycles. The van der Waals surface area contributed by atoms with E-state index in [0.29, 0.717) is 23.0 Å². The molecule has 1 aromatic heterocycles. The van der Waals surface area contributed by atoms with Crippen LogP contribution < -0.4 is 10.1 Å². The lowest BCUT2D eigenvalue weighted by atomic mass is 9.80. The van der Waals surface area contributed by atoms with Crippen molar-refractivity contribution in [2.24, 2.45) is 5.92 Å². The number of methoxy groups -OCH3 is 1. The van der Waals surface area contributed by atoms with Gasteiger partial charge in [-0.3, -0.25) is 0 Å². The molecular weight excluding hydrogens is 387 g/mol. The second-order valence-corrected chi connectivity index (χ2v) is 7.12. The monoisotopic (exact) mass is 408 g/mol. The highest BCUT2D eigenvalue weighted by atomic mass is 35.5. The van der Waals surface area contributed by atoms with Gasteiger partial charge in [0.05, 0.1) is 0 Å². The molecule has 6 nitrogen and oxygen atoms in total. The molecule has 0 spiro atoms. The molecule has 3 atom stereocenters. The topological polar surface area (TPSA) is 80.7 Å². The Bertz CT molecular complexity index is 836. The molecule has 150 valence electrons. The molecule has 1 fully saturated rings. The first-order chi connectivity index (χ1) is 13.5. The molecule has 8 heteroatoms. The van der Waals surface area contributed by atoms with Crippen molar-refractivity contribution in [3.8, 4) is 5.88 Å². The van der Waals surface area contributed by atoms with Crippen molar-refractivity contribution >= 4 is 17.6 Å². The third kappa shape index (κ3) is 4.79. The minimum atomic E-state index is -0.994. The number of ether oxygens (including phenoxy) is 2. The van der Waals surface area contributed by atoms with Crippen LogP contribution in [-0.4, -0.2) is 42.4 Å². The molecular formula is C20H22ClFN2O4. The van der Waals surface area contributed by atoms with E-state index in [1.807, 2.05) is 6.07 Å². The van der Waals surface area contributed by atoms with Gasteiger partial charge in [0.15, 0.2) is 6.10 Å². The molecule has 1 aromatic carbocycles. The van der Waals surface area contributed by atoms with Gasteiger partial charge in [-0.2, -0.15) is 0 Å². The van der Waals surface area contributed by atoms with Crippen molar-refractivity contribution < 1.29 is 23.8 Å². The molecule has 2 N–H and O–H groups in total. The van der Waals surface area contributed by atoms with Crippen LogP contribution in [0.5, 0.6) is 5.88 Å². The molecule has 0 radical (unpaired) electrons. The Morgan fingerprint density at radius 1 is 1.43 bits per heavy atom. The van der Waals surface area contributed by atoms with E-state index in [-0.39, 0.29) is 18.4 Å². The first-order valence-corrected chi connectivity index (χ1v) is 9.37.